The van der Waals surface area contributed by atoms with E-state index in [1.165, 1.54) is 6.07 Å². The molecule has 0 saturated carbocycles. The summed E-state index contributed by atoms with van der Waals surface area (Å²) in [6.07, 6.45) is 3.47. The molecule has 0 aliphatic carbocycles. The van der Waals surface area contributed by atoms with Crippen LogP contribution >= 0.6 is 11.6 Å². The van der Waals surface area contributed by atoms with Crippen LogP contribution in [0.4, 0.5) is 17.5 Å². The lowest BCUT2D eigenvalue weighted by Crippen LogP contribution is -2.21. The van der Waals surface area contributed by atoms with Crippen LogP contribution in [0.1, 0.15) is 0 Å². The normalized spacial score (nSPS) is 10.8. The number of pyridine rings is 1. The lowest BCUT2D eigenvalue weighted by Gasteiger charge is -2.14. The molecule has 27 heavy (non-hydrogen) atoms. The number of aromatic nitrogens is 3. The van der Waals surface area contributed by atoms with Crippen LogP contribution in [-0.4, -0.2) is 52.1 Å². The second kappa shape index (κ2) is 8.66. The van der Waals surface area contributed by atoms with E-state index >= 15 is 0 Å². The first-order chi connectivity index (χ1) is 13.0. The fourth-order valence-electron chi connectivity index (χ4n) is 2.39. The summed E-state index contributed by atoms with van der Waals surface area (Å²) in [6, 6.07) is 10.4. The fourth-order valence-corrected chi connectivity index (χ4v) is 2.61. The third kappa shape index (κ3) is 5.29. The Bertz CT molecular complexity index is 904. The maximum Gasteiger partial charge on any atom is 0.225 e. The van der Waals surface area contributed by atoms with E-state index in [1.54, 1.807) is 24.5 Å². The molecule has 8 heteroatoms. The third-order valence-corrected chi connectivity index (χ3v) is 4.05. The van der Waals surface area contributed by atoms with Crippen molar-refractivity contribution in [1.82, 2.24) is 19.9 Å². The van der Waals surface area contributed by atoms with Gasteiger partial charge in [0.25, 0.3) is 0 Å². The zero-order valence-electron chi connectivity index (χ0n) is 15.1. The van der Waals surface area contributed by atoms with Crippen molar-refractivity contribution in [3.05, 3.63) is 53.8 Å². The quantitative estimate of drug-likeness (QED) is 0.536. The van der Waals surface area contributed by atoms with Gasteiger partial charge in [0.15, 0.2) is 0 Å². The number of rotatable bonds is 7. The van der Waals surface area contributed by atoms with Gasteiger partial charge in [-0.05, 0) is 38.4 Å². The van der Waals surface area contributed by atoms with Gasteiger partial charge in [0, 0.05) is 43.2 Å². The highest BCUT2D eigenvalue weighted by atomic mass is 35.5. The molecule has 0 aliphatic rings. The zero-order chi connectivity index (χ0) is 19.2. The number of phenols is 1. The lowest BCUT2D eigenvalue weighted by atomic mass is 10.2. The Hall–Kier alpha value is -2.90. The van der Waals surface area contributed by atoms with E-state index < -0.39 is 0 Å². The summed E-state index contributed by atoms with van der Waals surface area (Å²) < 4.78 is 0. The van der Waals surface area contributed by atoms with Crippen LogP contribution in [0.3, 0.4) is 0 Å². The van der Waals surface area contributed by atoms with E-state index in [-0.39, 0.29) is 5.75 Å². The Labute approximate surface area is 163 Å². The van der Waals surface area contributed by atoms with E-state index in [0.29, 0.717) is 29.0 Å². The number of nitrogens with one attached hydrogen (secondary N) is 2. The van der Waals surface area contributed by atoms with Gasteiger partial charge in [0.2, 0.25) is 5.95 Å². The molecule has 0 atom stereocenters. The average molecular weight is 385 g/mol. The first-order valence-corrected chi connectivity index (χ1v) is 8.82. The van der Waals surface area contributed by atoms with Crippen molar-refractivity contribution in [2.75, 3.05) is 37.8 Å². The molecule has 0 unspecified atom stereocenters. The van der Waals surface area contributed by atoms with E-state index in [0.717, 1.165) is 17.8 Å². The van der Waals surface area contributed by atoms with Gasteiger partial charge in [-0.3, -0.25) is 4.98 Å². The van der Waals surface area contributed by atoms with Gasteiger partial charge in [0.05, 0.1) is 16.4 Å². The summed E-state index contributed by atoms with van der Waals surface area (Å²) in [6.45, 7) is 1.57. The first-order valence-electron chi connectivity index (χ1n) is 8.45. The number of likely N-dealkylation sites (N-methyl/N-ethyl adjacent to an activating group) is 1. The Morgan fingerprint density at radius 2 is 2.00 bits per heavy atom. The van der Waals surface area contributed by atoms with E-state index in [4.69, 9.17) is 11.6 Å². The molecular formula is C19H21ClN6O. The van der Waals surface area contributed by atoms with Gasteiger partial charge < -0.3 is 20.6 Å². The van der Waals surface area contributed by atoms with Crippen molar-refractivity contribution >= 4 is 29.1 Å². The summed E-state index contributed by atoms with van der Waals surface area (Å²) in [4.78, 5) is 15.3. The molecule has 2 heterocycles. The van der Waals surface area contributed by atoms with Crippen LogP contribution in [0.15, 0.2) is 48.8 Å². The van der Waals surface area contributed by atoms with Gasteiger partial charge in [-0.25, -0.2) is 4.98 Å². The van der Waals surface area contributed by atoms with Crippen LogP contribution < -0.4 is 10.6 Å². The molecule has 3 rings (SSSR count). The second-order valence-electron chi connectivity index (χ2n) is 6.22. The molecule has 0 radical (unpaired) electrons. The maximum absolute atomic E-state index is 9.52. The number of nitrogens with zero attached hydrogens (tertiary/aromatic N) is 4. The van der Waals surface area contributed by atoms with E-state index in [1.807, 2.05) is 32.3 Å². The second-order valence-corrected chi connectivity index (χ2v) is 6.63. The minimum Gasteiger partial charge on any atom is -0.508 e. The highest BCUT2D eigenvalue weighted by Gasteiger charge is 2.09. The van der Waals surface area contributed by atoms with Crippen LogP contribution in [0, 0.1) is 0 Å². The molecule has 2 aromatic heterocycles. The number of halogens is 1. The lowest BCUT2D eigenvalue weighted by molar-refractivity contribution is 0.425. The van der Waals surface area contributed by atoms with E-state index in [9.17, 15) is 5.11 Å². The summed E-state index contributed by atoms with van der Waals surface area (Å²) >= 11 is 6.20. The van der Waals surface area contributed by atoms with Crippen molar-refractivity contribution in [1.29, 1.82) is 0 Å². The average Bonchev–Trinajstić information content (AvgIpc) is 2.64. The topological polar surface area (TPSA) is 86.2 Å². The molecular weight excluding hydrogens is 364 g/mol. The molecule has 0 spiro atoms. The van der Waals surface area contributed by atoms with Crippen molar-refractivity contribution in [3.8, 4) is 17.0 Å². The zero-order valence-corrected chi connectivity index (χ0v) is 15.9. The Balaban J connectivity index is 1.91. The smallest absolute Gasteiger partial charge is 0.225 e. The number of hydrogen-bond donors (Lipinski definition) is 3. The molecule has 3 N–H and O–H groups in total. The minimum atomic E-state index is 0.107. The Morgan fingerprint density at radius 3 is 2.70 bits per heavy atom. The molecule has 7 nitrogen and oxygen atoms in total. The van der Waals surface area contributed by atoms with Gasteiger partial charge in [-0.15, -0.1) is 0 Å². The molecule has 1 aromatic carbocycles. The van der Waals surface area contributed by atoms with Gasteiger partial charge in [0.1, 0.15) is 11.6 Å². The standard InChI is InChI=1S/C19H21ClN6O/c1-26(2)9-8-22-19-24-17(13-4-3-7-21-12-13)11-18(25-19)23-16-6-5-14(27)10-15(16)20/h3-7,10-12,27H,8-9H2,1-2H3,(H2,22,23,24,25). The van der Waals surface area contributed by atoms with Crippen molar-refractivity contribution in [3.63, 3.8) is 0 Å². The SMILES string of the molecule is CN(C)CCNc1nc(Nc2ccc(O)cc2Cl)cc(-c2cccnc2)n1. The largest absolute Gasteiger partial charge is 0.508 e. The highest BCUT2D eigenvalue weighted by molar-refractivity contribution is 6.33. The molecule has 0 bridgehead atoms. The summed E-state index contributed by atoms with van der Waals surface area (Å²) in [5.74, 6) is 1.20. The monoisotopic (exact) mass is 384 g/mol. The predicted octanol–water partition coefficient (Wildman–Crippen LogP) is 3.61. The molecule has 0 saturated heterocycles. The van der Waals surface area contributed by atoms with Crippen LogP contribution in [0.25, 0.3) is 11.3 Å². The number of anilines is 3. The number of benzene rings is 1. The first kappa shape index (κ1) is 18.9. The third-order valence-electron chi connectivity index (χ3n) is 3.74. The number of hydrogen-bond acceptors (Lipinski definition) is 7. The van der Waals surface area contributed by atoms with Gasteiger partial charge >= 0.3 is 0 Å². The van der Waals surface area contributed by atoms with Crippen LogP contribution in [0.2, 0.25) is 5.02 Å². The number of aromatic hydroxyl groups is 1. The molecule has 140 valence electrons. The van der Waals surface area contributed by atoms with Crippen molar-refractivity contribution in [2.24, 2.45) is 0 Å². The maximum atomic E-state index is 9.52. The Morgan fingerprint density at radius 1 is 1.15 bits per heavy atom. The van der Waals surface area contributed by atoms with Crippen LogP contribution in [-0.2, 0) is 0 Å². The summed E-state index contributed by atoms with van der Waals surface area (Å²) in [5, 5.41) is 16.3. The summed E-state index contributed by atoms with van der Waals surface area (Å²) in [7, 11) is 4.02. The minimum absolute atomic E-state index is 0.107. The van der Waals surface area contributed by atoms with Crippen molar-refractivity contribution < 1.29 is 5.11 Å². The fraction of sp³-hybridized carbons (Fsp3) is 0.211. The molecule has 0 fully saturated rings. The molecule has 0 amide bonds. The van der Waals surface area contributed by atoms with E-state index in [2.05, 4.69) is 30.5 Å². The molecule has 0 aliphatic heterocycles. The summed E-state index contributed by atoms with van der Waals surface area (Å²) in [5.41, 5.74) is 2.27. The predicted molar refractivity (Wildman–Crippen MR) is 109 cm³/mol. The molecule has 3 aromatic rings. The van der Waals surface area contributed by atoms with Crippen molar-refractivity contribution in [2.45, 2.75) is 0 Å². The number of phenolic OH excluding ortho intramolecular Hbond substituents is 1. The van der Waals surface area contributed by atoms with Gasteiger partial charge in [-0.2, -0.15) is 4.98 Å². The highest BCUT2D eigenvalue weighted by Crippen LogP contribution is 2.29. The Kier molecular flexibility index (Phi) is 6.05. The van der Waals surface area contributed by atoms with Gasteiger partial charge in [-0.1, -0.05) is 11.6 Å². The van der Waals surface area contributed by atoms with Crippen LogP contribution in [0.5, 0.6) is 5.75 Å².